The quantitative estimate of drug-likeness (QED) is 0.388. The third-order valence-electron chi connectivity index (χ3n) is 5.06. The number of nitrogens with zero attached hydrogens (tertiary/aromatic N) is 2. The summed E-state index contributed by atoms with van der Waals surface area (Å²) in [6, 6.07) is 6.91. The predicted molar refractivity (Wildman–Crippen MR) is 115 cm³/mol. The average molecular weight is 389 g/mol. The lowest BCUT2D eigenvalue weighted by atomic mass is 9.89. The van der Waals surface area contributed by atoms with Crippen molar-refractivity contribution >= 4 is 11.9 Å². The fourth-order valence-electron chi connectivity index (χ4n) is 3.28. The zero-order chi connectivity index (χ0) is 20.4. The van der Waals surface area contributed by atoms with Crippen molar-refractivity contribution in [1.82, 2.24) is 15.5 Å². The molecule has 0 fully saturated rings. The molecule has 6 nitrogen and oxygen atoms in total. The number of benzene rings is 1. The Kier molecular flexibility index (Phi) is 9.28. The zero-order valence-corrected chi connectivity index (χ0v) is 17.9. The molecule has 1 unspecified atom stereocenters. The highest BCUT2D eigenvalue weighted by Crippen LogP contribution is 2.24. The highest BCUT2D eigenvalue weighted by molar-refractivity contribution is 5.85. The van der Waals surface area contributed by atoms with Gasteiger partial charge in [-0.1, -0.05) is 18.2 Å². The van der Waals surface area contributed by atoms with Gasteiger partial charge in [-0.25, -0.2) is 4.99 Å². The highest BCUT2D eigenvalue weighted by Gasteiger charge is 2.14. The molecule has 0 aromatic heterocycles. The lowest BCUT2D eigenvalue weighted by Gasteiger charge is -2.22. The fraction of sp³-hybridized carbons (Fsp3) is 0.636. The molecule has 1 amide bonds. The molecule has 0 aliphatic heterocycles. The summed E-state index contributed by atoms with van der Waals surface area (Å²) in [5.41, 5.74) is 4.22. The van der Waals surface area contributed by atoms with Gasteiger partial charge in [0.15, 0.2) is 5.96 Å². The van der Waals surface area contributed by atoms with Crippen molar-refractivity contribution in [2.24, 2.45) is 4.99 Å². The Balaban J connectivity index is 2.00. The standard InChI is InChI=1S/C22H36N4O2/c1-5-28-14-8-13-23-22(24-16-21(27)26(3)4)25-17(2)19-12-11-18-9-6-7-10-20(18)15-19/h11-12,15,17H,5-10,13-14,16H2,1-4H3,(H2,23,24,25). The van der Waals surface area contributed by atoms with Gasteiger partial charge in [0.1, 0.15) is 6.54 Å². The van der Waals surface area contributed by atoms with Crippen LogP contribution in [0.4, 0.5) is 0 Å². The van der Waals surface area contributed by atoms with E-state index in [4.69, 9.17) is 4.74 Å². The smallest absolute Gasteiger partial charge is 0.243 e. The third-order valence-corrected chi connectivity index (χ3v) is 5.06. The van der Waals surface area contributed by atoms with Gasteiger partial charge in [0, 0.05) is 33.9 Å². The Morgan fingerprint density at radius 2 is 2.00 bits per heavy atom. The second kappa shape index (κ2) is 11.7. The summed E-state index contributed by atoms with van der Waals surface area (Å²) in [7, 11) is 3.49. The molecule has 1 aliphatic rings. The van der Waals surface area contributed by atoms with Crippen LogP contribution in [0.25, 0.3) is 0 Å². The van der Waals surface area contributed by atoms with Crippen LogP contribution >= 0.6 is 0 Å². The summed E-state index contributed by atoms with van der Waals surface area (Å²) in [5, 5.41) is 6.78. The molecule has 0 radical (unpaired) electrons. The van der Waals surface area contributed by atoms with Gasteiger partial charge >= 0.3 is 0 Å². The molecule has 1 atom stereocenters. The number of guanidine groups is 1. The predicted octanol–water partition coefficient (Wildman–Crippen LogP) is 2.68. The molecule has 156 valence electrons. The molecule has 1 aromatic carbocycles. The summed E-state index contributed by atoms with van der Waals surface area (Å²) >= 11 is 0. The monoisotopic (exact) mass is 388 g/mol. The van der Waals surface area contributed by atoms with Gasteiger partial charge in [0.05, 0.1) is 6.04 Å². The van der Waals surface area contributed by atoms with E-state index >= 15 is 0 Å². The van der Waals surface area contributed by atoms with Crippen LogP contribution in [0.15, 0.2) is 23.2 Å². The first-order chi connectivity index (χ1) is 13.5. The van der Waals surface area contributed by atoms with Crippen molar-refractivity contribution in [2.75, 3.05) is 40.4 Å². The Morgan fingerprint density at radius 1 is 1.25 bits per heavy atom. The first kappa shape index (κ1) is 22.2. The van der Waals surface area contributed by atoms with Crippen LogP contribution in [0.1, 0.15) is 55.8 Å². The summed E-state index contributed by atoms with van der Waals surface area (Å²) in [5.74, 6) is 0.647. The number of fused-ring (bicyclic) bond motifs is 1. The second-order valence-corrected chi connectivity index (χ2v) is 7.53. The number of nitrogens with one attached hydrogen (secondary N) is 2. The normalized spacial score (nSPS) is 14.9. The van der Waals surface area contributed by atoms with E-state index in [0.29, 0.717) is 12.6 Å². The first-order valence-electron chi connectivity index (χ1n) is 10.5. The summed E-state index contributed by atoms with van der Waals surface area (Å²) in [4.78, 5) is 18.0. The lowest BCUT2D eigenvalue weighted by Crippen LogP contribution is -2.40. The largest absolute Gasteiger partial charge is 0.382 e. The maximum Gasteiger partial charge on any atom is 0.243 e. The molecule has 0 heterocycles. The van der Waals surface area contributed by atoms with Crippen molar-refractivity contribution in [3.63, 3.8) is 0 Å². The van der Waals surface area contributed by atoms with Crippen LogP contribution in [0.2, 0.25) is 0 Å². The summed E-state index contributed by atoms with van der Waals surface area (Å²) < 4.78 is 5.39. The zero-order valence-electron chi connectivity index (χ0n) is 17.9. The number of likely N-dealkylation sites (N-methyl/N-ethyl adjacent to an activating group) is 1. The van der Waals surface area contributed by atoms with E-state index in [-0.39, 0.29) is 18.5 Å². The van der Waals surface area contributed by atoms with E-state index in [2.05, 4.69) is 40.7 Å². The van der Waals surface area contributed by atoms with Gasteiger partial charge in [-0.3, -0.25) is 4.79 Å². The van der Waals surface area contributed by atoms with E-state index in [1.807, 2.05) is 6.92 Å². The van der Waals surface area contributed by atoms with Crippen molar-refractivity contribution in [2.45, 2.75) is 52.0 Å². The second-order valence-electron chi connectivity index (χ2n) is 7.53. The van der Waals surface area contributed by atoms with Crippen LogP contribution in [0.5, 0.6) is 0 Å². The van der Waals surface area contributed by atoms with Gasteiger partial charge in [0.25, 0.3) is 0 Å². The number of ether oxygens (including phenoxy) is 1. The van der Waals surface area contributed by atoms with Gasteiger partial charge in [-0.05, 0) is 62.6 Å². The van der Waals surface area contributed by atoms with Crippen LogP contribution in [-0.2, 0) is 22.4 Å². The van der Waals surface area contributed by atoms with Crippen LogP contribution < -0.4 is 10.6 Å². The Bertz CT molecular complexity index is 658. The molecule has 2 N–H and O–H groups in total. The number of carbonyl (C=O) groups is 1. The minimum absolute atomic E-state index is 0.0168. The molecule has 6 heteroatoms. The summed E-state index contributed by atoms with van der Waals surface area (Å²) in [6.45, 7) is 6.45. The molecular formula is C22H36N4O2. The lowest BCUT2D eigenvalue weighted by molar-refractivity contribution is -0.127. The van der Waals surface area contributed by atoms with Crippen molar-refractivity contribution in [1.29, 1.82) is 0 Å². The third kappa shape index (κ3) is 7.15. The summed E-state index contributed by atoms with van der Waals surface area (Å²) in [6.07, 6.45) is 5.83. The number of hydrogen-bond donors (Lipinski definition) is 2. The number of carbonyl (C=O) groups excluding carboxylic acids is 1. The molecule has 1 aromatic rings. The van der Waals surface area contributed by atoms with Crippen LogP contribution in [-0.4, -0.2) is 57.2 Å². The van der Waals surface area contributed by atoms with E-state index in [0.717, 1.165) is 19.6 Å². The van der Waals surface area contributed by atoms with E-state index < -0.39 is 0 Å². The molecule has 2 rings (SSSR count). The van der Waals surface area contributed by atoms with E-state index in [1.165, 1.54) is 42.4 Å². The maximum absolute atomic E-state index is 11.9. The minimum Gasteiger partial charge on any atom is -0.382 e. The molecular weight excluding hydrogens is 352 g/mol. The topological polar surface area (TPSA) is 66.0 Å². The molecule has 0 spiro atoms. The number of aryl methyl sites for hydroxylation is 2. The van der Waals surface area contributed by atoms with Gasteiger partial charge < -0.3 is 20.3 Å². The number of amides is 1. The molecule has 0 saturated carbocycles. The van der Waals surface area contributed by atoms with Crippen LogP contribution in [0, 0.1) is 0 Å². The Labute approximate surface area is 169 Å². The van der Waals surface area contributed by atoms with Gasteiger partial charge in [-0.15, -0.1) is 0 Å². The maximum atomic E-state index is 11.9. The fourth-order valence-corrected chi connectivity index (χ4v) is 3.28. The van der Waals surface area contributed by atoms with E-state index in [1.54, 1.807) is 19.0 Å². The first-order valence-corrected chi connectivity index (χ1v) is 10.5. The highest BCUT2D eigenvalue weighted by atomic mass is 16.5. The number of aliphatic imine (C=N–C) groups is 1. The van der Waals surface area contributed by atoms with E-state index in [9.17, 15) is 4.79 Å². The molecule has 28 heavy (non-hydrogen) atoms. The SMILES string of the molecule is CCOCCCNC(=NCC(=O)N(C)C)NC(C)c1ccc2c(c1)CCCC2. The van der Waals surface area contributed by atoms with Crippen LogP contribution in [0.3, 0.4) is 0 Å². The average Bonchev–Trinajstić information content (AvgIpc) is 2.70. The van der Waals surface area contributed by atoms with Gasteiger partial charge in [-0.2, -0.15) is 0 Å². The minimum atomic E-state index is -0.0168. The number of hydrogen-bond acceptors (Lipinski definition) is 3. The molecule has 0 saturated heterocycles. The van der Waals surface area contributed by atoms with Crippen molar-refractivity contribution in [3.05, 3.63) is 34.9 Å². The van der Waals surface area contributed by atoms with Gasteiger partial charge in [0.2, 0.25) is 5.91 Å². The number of rotatable bonds is 9. The Morgan fingerprint density at radius 3 is 2.71 bits per heavy atom. The molecule has 1 aliphatic carbocycles. The van der Waals surface area contributed by atoms with Crippen molar-refractivity contribution in [3.8, 4) is 0 Å². The van der Waals surface area contributed by atoms with Crippen molar-refractivity contribution < 1.29 is 9.53 Å². The molecule has 0 bridgehead atoms. The Hall–Kier alpha value is -2.08.